The predicted octanol–water partition coefficient (Wildman–Crippen LogP) is 3.77. The van der Waals surface area contributed by atoms with Gasteiger partial charge in [-0.3, -0.25) is 4.79 Å². The van der Waals surface area contributed by atoms with Crippen LogP contribution in [0.15, 0.2) is 47.6 Å². The van der Waals surface area contributed by atoms with Gasteiger partial charge in [-0.05, 0) is 35.9 Å². The first-order valence-corrected chi connectivity index (χ1v) is 6.78. The molecule has 108 valence electrons. The van der Waals surface area contributed by atoms with Gasteiger partial charge in [-0.2, -0.15) is 5.10 Å². The zero-order valence-corrected chi connectivity index (χ0v) is 12.7. The highest BCUT2D eigenvalue weighted by Gasteiger charge is 2.11. The number of hydrogen-bond acceptors (Lipinski definition) is 3. The number of nitrogens with one attached hydrogen (secondary N) is 1. The van der Waals surface area contributed by atoms with Crippen LogP contribution in [0.5, 0.6) is 5.75 Å². The van der Waals surface area contributed by atoms with E-state index in [9.17, 15) is 4.79 Å². The highest BCUT2D eigenvalue weighted by atomic mass is 35.5. The summed E-state index contributed by atoms with van der Waals surface area (Å²) >= 11 is 11.7. The number of methoxy groups -OCH3 is 1. The molecular formula is C15H12Cl2N2O2. The molecule has 1 N–H and O–H groups in total. The van der Waals surface area contributed by atoms with Crippen molar-refractivity contribution >= 4 is 35.3 Å². The fourth-order valence-electron chi connectivity index (χ4n) is 1.67. The summed E-state index contributed by atoms with van der Waals surface area (Å²) in [7, 11) is 1.48. The van der Waals surface area contributed by atoms with Crippen molar-refractivity contribution in [3.8, 4) is 5.75 Å². The first-order valence-electron chi connectivity index (χ1n) is 6.02. The largest absolute Gasteiger partial charge is 0.496 e. The van der Waals surface area contributed by atoms with E-state index in [1.165, 1.54) is 19.4 Å². The molecule has 0 spiro atoms. The minimum Gasteiger partial charge on any atom is -0.496 e. The van der Waals surface area contributed by atoms with Crippen molar-refractivity contribution in [3.63, 3.8) is 0 Å². The standard InChI is InChI=1S/C15H12Cl2N2O2/c1-21-14-6-5-12(17)8-13(14)15(20)19-18-9-10-3-2-4-11(16)7-10/h2-9H,1H3,(H,19,20)/b18-9-. The monoisotopic (exact) mass is 322 g/mol. The Bertz CT molecular complexity index is 687. The third kappa shape index (κ3) is 4.21. The highest BCUT2D eigenvalue weighted by molar-refractivity contribution is 6.31. The van der Waals surface area contributed by atoms with Crippen molar-refractivity contribution in [2.45, 2.75) is 0 Å². The van der Waals surface area contributed by atoms with Crippen LogP contribution in [0.1, 0.15) is 15.9 Å². The van der Waals surface area contributed by atoms with Crippen LogP contribution >= 0.6 is 23.2 Å². The number of carbonyl (C=O) groups excluding carboxylic acids is 1. The first-order chi connectivity index (χ1) is 10.1. The van der Waals surface area contributed by atoms with Gasteiger partial charge in [0.15, 0.2) is 0 Å². The summed E-state index contributed by atoms with van der Waals surface area (Å²) in [5, 5.41) is 4.93. The fraction of sp³-hybridized carbons (Fsp3) is 0.0667. The second-order valence-electron chi connectivity index (χ2n) is 4.10. The molecule has 0 heterocycles. The van der Waals surface area contributed by atoms with E-state index in [-0.39, 0.29) is 0 Å². The van der Waals surface area contributed by atoms with Crippen LogP contribution in [-0.2, 0) is 0 Å². The Kier molecular flexibility index (Phi) is 5.20. The number of nitrogens with zero attached hydrogens (tertiary/aromatic N) is 1. The Morgan fingerprint density at radius 3 is 2.67 bits per heavy atom. The quantitative estimate of drug-likeness (QED) is 0.688. The van der Waals surface area contributed by atoms with Crippen molar-refractivity contribution in [1.29, 1.82) is 0 Å². The van der Waals surface area contributed by atoms with Gasteiger partial charge >= 0.3 is 0 Å². The zero-order chi connectivity index (χ0) is 15.2. The van der Waals surface area contributed by atoms with Gasteiger partial charge in [0, 0.05) is 10.0 Å². The van der Waals surface area contributed by atoms with Crippen LogP contribution in [0.4, 0.5) is 0 Å². The summed E-state index contributed by atoms with van der Waals surface area (Å²) in [5.74, 6) is 0.0162. The van der Waals surface area contributed by atoms with Crippen LogP contribution in [0.2, 0.25) is 10.0 Å². The van der Waals surface area contributed by atoms with Crippen LogP contribution in [0.3, 0.4) is 0 Å². The number of amides is 1. The fourth-order valence-corrected chi connectivity index (χ4v) is 2.04. The number of rotatable bonds is 4. The van der Waals surface area contributed by atoms with Crippen LogP contribution in [-0.4, -0.2) is 19.2 Å². The SMILES string of the molecule is COc1ccc(Cl)cc1C(=O)N/N=C\c1cccc(Cl)c1. The van der Waals surface area contributed by atoms with Gasteiger partial charge in [0.05, 0.1) is 18.9 Å². The average molecular weight is 323 g/mol. The Morgan fingerprint density at radius 1 is 1.19 bits per heavy atom. The van der Waals surface area contributed by atoms with Gasteiger partial charge in [-0.15, -0.1) is 0 Å². The molecule has 0 aromatic heterocycles. The maximum atomic E-state index is 12.0. The lowest BCUT2D eigenvalue weighted by Crippen LogP contribution is -2.18. The normalized spacial score (nSPS) is 10.6. The van der Waals surface area contributed by atoms with Gasteiger partial charge in [0.2, 0.25) is 0 Å². The van der Waals surface area contributed by atoms with Crippen LogP contribution < -0.4 is 10.2 Å². The van der Waals surface area contributed by atoms with E-state index in [1.54, 1.807) is 30.3 Å². The van der Waals surface area contributed by atoms with E-state index < -0.39 is 5.91 Å². The average Bonchev–Trinajstić information content (AvgIpc) is 2.47. The van der Waals surface area contributed by atoms with E-state index in [4.69, 9.17) is 27.9 Å². The third-order valence-corrected chi connectivity index (χ3v) is 3.10. The van der Waals surface area contributed by atoms with Crippen LogP contribution in [0.25, 0.3) is 0 Å². The minimum absolute atomic E-state index is 0.313. The molecule has 21 heavy (non-hydrogen) atoms. The molecule has 4 nitrogen and oxygen atoms in total. The summed E-state index contributed by atoms with van der Waals surface area (Å²) < 4.78 is 5.11. The van der Waals surface area contributed by atoms with Crippen molar-refractivity contribution in [3.05, 3.63) is 63.6 Å². The van der Waals surface area contributed by atoms with Gasteiger partial charge in [0.1, 0.15) is 5.75 Å². The Morgan fingerprint density at radius 2 is 1.95 bits per heavy atom. The number of hydrogen-bond donors (Lipinski definition) is 1. The number of benzene rings is 2. The zero-order valence-electron chi connectivity index (χ0n) is 11.1. The van der Waals surface area contributed by atoms with Crippen LogP contribution in [0, 0.1) is 0 Å². The van der Waals surface area contributed by atoms with Crippen molar-refractivity contribution in [2.75, 3.05) is 7.11 Å². The predicted molar refractivity (Wildman–Crippen MR) is 84.5 cm³/mol. The molecule has 0 saturated heterocycles. The second-order valence-corrected chi connectivity index (χ2v) is 4.97. The maximum absolute atomic E-state index is 12.0. The molecule has 0 atom stereocenters. The Hall–Kier alpha value is -2.04. The van der Waals surface area contributed by atoms with Gasteiger partial charge in [0.25, 0.3) is 5.91 Å². The summed E-state index contributed by atoms with van der Waals surface area (Å²) in [6.45, 7) is 0. The van der Waals surface area contributed by atoms with E-state index in [1.807, 2.05) is 6.07 Å². The Labute approximate surface area is 132 Å². The minimum atomic E-state index is -0.410. The molecule has 0 aliphatic rings. The lowest BCUT2D eigenvalue weighted by molar-refractivity contribution is 0.0952. The highest BCUT2D eigenvalue weighted by Crippen LogP contribution is 2.22. The summed E-state index contributed by atoms with van der Waals surface area (Å²) in [6.07, 6.45) is 1.50. The lowest BCUT2D eigenvalue weighted by atomic mass is 10.2. The molecular weight excluding hydrogens is 311 g/mol. The van der Waals surface area contributed by atoms with Gasteiger partial charge < -0.3 is 4.74 Å². The molecule has 1 amide bonds. The summed E-state index contributed by atoms with van der Waals surface area (Å²) in [5.41, 5.74) is 3.51. The molecule has 2 aromatic carbocycles. The summed E-state index contributed by atoms with van der Waals surface area (Å²) in [6, 6.07) is 11.9. The molecule has 6 heteroatoms. The van der Waals surface area contributed by atoms with Crippen molar-refractivity contribution < 1.29 is 9.53 Å². The van der Waals surface area contributed by atoms with Crippen molar-refractivity contribution in [1.82, 2.24) is 5.43 Å². The second kappa shape index (κ2) is 7.11. The molecule has 0 saturated carbocycles. The molecule has 0 radical (unpaired) electrons. The van der Waals surface area contributed by atoms with Crippen molar-refractivity contribution in [2.24, 2.45) is 5.10 Å². The first kappa shape index (κ1) is 15.4. The molecule has 0 unspecified atom stereocenters. The molecule has 0 aliphatic heterocycles. The molecule has 2 rings (SSSR count). The molecule has 2 aromatic rings. The Balaban J connectivity index is 2.10. The van der Waals surface area contributed by atoms with Gasteiger partial charge in [-0.1, -0.05) is 35.3 Å². The van der Waals surface area contributed by atoms with E-state index in [0.29, 0.717) is 21.4 Å². The molecule has 0 bridgehead atoms. The smallest absolute Gasteiger partial charge is 0.275 e. The molecule has 0 fully saturated rings. The topological polar surface area (TPSA) is 50.7 Å². The number of hydrazone groups is 1. The van der Waals surface area contributed by atoms with E-state index in [0.717, 1.165) is 5.56 Å². The number of halogens is 2. The van der Waals surface area contributed by atoms with E-state index >= 15 is 0 Å². The maximum Gasteiger partial charge on any atom is 0.275 e. The van der Waals surface area contributed by atoms with Gasteiger partial charge in [-0.25, -0.2) is 5.43 Å². The van der Waals surface area contributed by atoms with E-state index in [2.05, 4.69) is 10.5 Å². The molecule has 0 aliphatic carbocycles. The number of ether oxygens (including phenoxy) is 1. The summed E-state index contributed by atoms with van der Waals surface area (Å²) in [4.78, 5) is 12.0. The third-order valence-electron chi connectivity index (χ3n) is 2.63. The number of carbonyl (C=O) groups is 1. The lowest BCUT2D eigenvalue weighted by Gasteiger charge is -2.07.